The van der Waals surface area contributed by atoms with E-state index in [-0.39, 0.29) is 0 Å². The van der Waals surface area contributed by atoms with Crippen LogP contribution in [0.25, 0.3) is 265 Å². The maximum absolute atomic E-state index is 5.48. The molecule has 0 amide bonds. The zero-order chi connectivity index (χ0) is 88.3. The summed E-state index contributed by atoms with van der Waals surface area (Å²) in [5.41, 5.74) is 27.5. The number of fused-ring (bicyclic) bond motifs is 23. The maximum atomic E-state index is 5.48. The molecule has 624 valence electrons. The van der Waals surface area contributed by atoms with Crippen molar-refractivity contribution in [2.75, 3.05) is 0 Å². The first kappa shape index (κ1) is 78.2. The number of hydrogen-bond acceptors (Lipinski definition) is 9. The van der Waals surface area contributed by atoms with Gasteiger partial charge in [-0.3, -0.25) is 0 Å². The van der Waals surface area contributed by atoms with Gasteiger partial charge < -0.3 is 4.57 Å². The van der Waals surface area contributed by atoms with Crippen LogP contribution in [0.5, 0.6) is 0 Å². The van der Waals surface area contributed by atoms with Gasteiger partial charge in [0, 0.05) is 116 Å². The minimum Gasteiger partial charge on any atom is -0.309 e. The first-order valence-electron chi connectivity index (χ1n) is 45.2. The van der Waals surface area contributed by atoms with Crippen molar-refractivity contribution in [3.8, 4) is 107 Å². The van der Waals surface area contributed by atoms with Crippen LogP contribution in [-0.2, 0) is 0 Å². The normalized spacial score (nSPS) is 11.7. The van der Waals surface area contributed by atoms with Gasteiger partial charge in [0.1, 0.15) is 0 Å². The molecule has 21 aromatic carbocycles. The van der Waals surface area contributed by atoms with E-state index in [1.54, 1.807) is 0 Å². The Bertz CT molecular complexity index is 9610. The van der Waals surface area contributed by atoms with Crippen LogP contribution in [-0.4, -0.2) is 34.5 Å². The third kappa shape index (κ3) is 13.2. The average Bonchev–Trinajstić information content (AvgIpc) is 1.58. The molecule has 0 unspecified atom stereocenters. The summed E-state index contributed by atoms with van der Waals surface area (Å²) < 4.78 is 10.2. The lowest BCUT2D eigenvalue weighted by molar-refractivity contribution is 1.18. The van der Waals surface area contributed by atoms with Crippen LogP contribution in [0.3, 0.4) is 0 Å². The highest BCUT2D eigenvalue weighted by Gasteiger charge is 2.28. The van der Waals surface area contributed by atoms with Crippen LogP contribution in [0.2, 0.25) is 0 Å². The number of aromatic nitrogens is 7. The molecule has 7 aromatic heterocycles. The molecule has 28 rings (SSSR count). The summed E-state index contributed by atoms with van der Waals surface area (Å²) >= 11 is 5.58. The van der Waals surface area contributed by atoms with E-state index in [9.17, 15) is 0 Å². The Morgan fingerprint density at radius 2 is 0.470 bits per heavy atom. The minimum atomic E-state index is 0.864. The second kappa shape index (κ2) is 32.7. The lowest BCUT2D eigenvalue weighted by Crippen LogP contribution is -2.00. The fourth-order valence-electron chi connectivity index (χ4n) is 20.4. The molecule has 0 saturated heterocycles. The van der Waals surface area contributed by atoms with Gasteiger partial charge in [0.15, 0.2) is 0 Å². The first-order chi connectivity index (χ1) is 66.5. The molecular weight excluding hydrogens is 1680 g/mol. The molecule has 0 N–H and O–H groups in total. The second-order valence-corrected chi connectivity index (χ2v) is 37.2. The van der Waals surface area contributed by atoms with Crippen LogP contribution in [0.15, 0.2) is 455 Å². The number of hydrogen-bond donors (Lipinski definition) is 0. The van der Waals surface area contributed by atoms with E-state index in [4.69, 9.17) is 29.9 Å². The van der Waals surface area contributed by atoms with Gasteiger partial charge in [0.2, 0.25) is 0 Å². The predicted octanol–water partition coefficient (Wildman–Crippen LogP) is 34.7. The molecule has 28 aromatic rings. The summed E-state index contributed by atoms with van der Waals surface area (Å²) in [5, 5.41) is 20.1. The average molecular weight is 1760 g/mol. The molecule has 10 heteroatoms. The van der Waals surface area contributed by atoms with Gasteiger partial charge >= 0.3 is 0 Å². The number of rotatable bonds is 10. The Morgan fingerprint density at radius 3 is 0.933 bits per heavy atom. The molecule has 0 atom stereocenters. The third-order valence-corrected chi connectivity index (χ3v) is 29.7. The Labute approximate surface area is 782 Å². The molecule has 0 radical (unpaired) electrons. The lowest BCUT2D eigenvalue weighted by atomic mass is 9.90. The van der Waals surface area contributed by atoms with Crippen molar-refractivity contribution in [2.45, 2.75) is 0 Å². The van der Waals surface area contributed by atoms with Gasteiger partial charge in [-0.2, -0.15) is 0 Å². The smallest absolute Gasteiger partial charge is 0.0994 e. The van der Waals surface area contributed by atoms with E-state index in [1.807, 2.05) is 82.5 Å². The van der Waals surface area contributed by atoms with Crippen molar-refractivity contribution in [1.29, 1.82) is 0 Å². The van der Waals surface area contributed by atoms with E-state index in [0.717, 1.165) is 139 Å². The summed E-state index contributed by atoms with van der Waals surface area (Å²) in [6, 6.07) is 162. The third-order valence-electron chi connectivity index (χ3n) is 26.3. The summed E-state index contributed by atoms with van der Waals surface area (Å²) in [4.78, 5) is 32.1. The molecular formula is C124H75N7S3. The molecule has 7 nitrogen and oxygen atoms in total. The maximum Gasteiger partial charge on any atom is 0.0994 e. The van der Waals surface area contributed by atoms with Crippen molar-refractivity contribution in [3.63, 3.8) is 0 Å². The first-order valence-corrected chi connectivity index (χ1v) is 47.7. The van der Waals surface area contributed by atoms with Crippen molar-refractivity contribution in [2.24, 2.45) is 0 Å². The van der Waals surface area contributed by atoms with E-state index < -0.39 is 0 Å². The van der Waals surface area contributed by atoms with Crippen molar-refractivity contribution < 1.29 is 0 Å². The van der Waals surface area contributed by atoms with E-state index >= 15 is 0 Å². The van der Waals surface area contributed by atoms with E-state index in [1.165, 1.54) is 126 Å². The minimum absolute atomic E-state index is 0.864. The summed E-state index contributed by atoms with van der Waals surface area (Å²) in [7, 11) is 0. The monoisotopic (exact) mass is 1760 g/mol. The molecule has 0 aliphatic carbocycles. The van der Waals surface area contributed by atoms with Crippen LogP contribution < -0.4 is 0 Å². The van der Waals surface area contributed by atoms with Crippen LogP contribution in [0, 0.1) is 0 Å². The van der Waals surface area contributed by atoms with Crippen molar-refractivity contribution in [3.05, 3.63) is 455 Å². The second-order valence-electron chi connectivity index (χ2n) is 34.0. The topological polar surface area (TPSA) is 82.3 Å². The highest BCUT2D eigenvalue weighted by atomic mass is 32.1. The standard InChI is InChI=1S/C48H29N3S.C40H24N2S.C36H22N2S/c1-2-15-31(16-3-1)51-41-26-10-6-18-33(41)36-22-13-23-38(48(36)51)47-46(49-39-24-8-9-25-40(39)50-47)35-19-5-4-17-32(35)34-21-12-14-30-28-29-43-45(44(30)34)37-20-7-11-27-42(37)52-43;1-2-12-27(13-3-1)38-40(41-33-23-21-25-11-4-5-15-28(25)39(33)42-38)31-17-7-6-16-29(31)30-19-10-14-26-22-24-35-37(36(26)30)32-18-8-9-20-34(32)43-35;1-2-11-24(12-3-1)35-36(38-30-19-8-7-18-29(30)37-35)27-15-5-4-14-25(27)26-17-10-13-23-21-22-32-34(33(23)26)28-16-6-9-20-31(28)39-32/h1-29H;1-24H;1-22H. The zero-order valence-corrected chi connectivity index (χ0v) is 74.6. The fraction of sp³-hybridized carbons (Fsp3) is 0. The summed E-state index contributed by atoms with van der Waals surface area (Å²) in [5.74, 6) is 0. The van der Waals surface area contributed by atoms with Gasteiger partial charge in [-0.15, -0.1) is 34.0 Å². The van der Waals surface area contributed by atoms with Gasteiger partial charge in [0.05, 0.1) is 78.3 Å². The summed E-state index contributed by atoms with van der Waals surface area (Å²) in [6.07, 6.45) is 0. The molecule has 0 aliphatic heterocycles. The quantitative estimate of drug-likeness (QED) is 0.127. The zero-order valence-electron chi connectivity index (χ0n) is 72.2. The number of thiophene rings is 3. The Hall–Kier alpha value is -16.9. The molecule has 0 bridgehead atoms. The number of para-hydroxylation sites is 7. The molecule has 0 saturated carbocycles. The van der Waals surface area contributed by atoms with Gasteiger partial charge in [-0.05, 0) is 156 Å². The molecule has 0 aliphatic rings. The SMILES string of the molecule is c1ccc(-c2nc3c(ccc4ccccc43)nc2-c2ccccc2-c2cccc3ccc4sc5ccccc5c4c23)cc1.c1ccc(-c2nc3ccccc3nc2-c2ccccc2-c2cccc3ccc4sc5ccccc5c4c23)cc1.c1ccc(-n2c3ccccc3c3cccc(-c4nc5ccccc5nc4-c4ccccc4-c4cccc5ccc6sc7ccccc7c6c45)c32)cc1. The van der Waals surface area contributed by atoms with Crippen molar-refractivity contribution in [1.82, 2.24) is 34.5 Å². The predicted molar refractivity (Wildman–Crippen MR) is 571 cm³/mol. The van der Waals surface area contributed by atoms with Crippen LogP contribution >= 0.6 is 34.0 Å². The molecule has 0 fully saturated rings. The molecule has 134 heavy (non-hydrogen) atoms. The fourth-order valence-corrected chi connectivity index (χ4v) is 23.8. The Balaban J connectivity index is 0.000000106. The number of nitrogens with zero attached hydrogens (tertiary/aromatic N) is 7. The van der Waals surface area contributed by atoms with E-state index in [0.29, 0.717) is 0 Å². The largest absolute Gasteiger partial charge is 0.309 e. The number of benzene rings is 21. The van der Waals surface area contributed by atoms with Gasteiger partial charge in [-0.25, -0.2) is 29.9 Å². The van der Waals surface area contributed by atoms with Crippen molar-refractivity contribution >= 4 is 193 Å². The molecule has 0 spiro atoms. The highest BCUT2D eigenvalue weighted by molar-refractivity contribution is 7.27. The highest BCUT2D eigenvalue weighted by Crippen LogP contribution is 2.52. The summed E-state index contributed by atoms with van der Waals surface area (Å²) in [6.45, 7) is 0. The lowest BCUT2D eigenvalue weighted by Gasteiger charge is -2.17. The van der Waals surface area contributed by atoms with E-state index in [2.05, 4.69) is 411 Å². The van der Waals surface area contributed by atoms with Gasteiger partial charge in [-0.1, -0.05) is 370 Å². The van der Waals surface area contributed by atoms with Crippen LogP contribution in [0.1, 0.15) is 0 Å². The van der Waals surface area contributed by atoms with Gasteiger partial charge in [0.25, 0.3) is 0 Å². The Morgan fingerprint density at radius 1 is 0.164 bits per heavy atom. The molecule has 7 heterocycles. The Kier molecular flexibility index (Phi) is 19.1. The van der Waals surface area contributed by atoms with Crippen LogP contribution in [0.4, 0.5) is 0 Å².